The fraction of sp³-hybridized carbons (Fsp3) is 0.300. The molecule has 136 valence electrons. The van der Waals surface area contributed by atoms with Crippen molar-refractivity contribution >= 4 is 12.0 Å². The first-order valence-electron chi connectivity index (χ1n) is 8.61. The Hall–Kier alpha value is -2.73. The highest BCUT2D eigenvalue weighted by atomic mass is 19.1. The molecule has 0 bridgehead atoms. The van der Waals surface area contributed by atoms with E-state index in [1.165, 1.54) is 24.4 Å². The summed E-state index contributed by atoms with van der Waals surface area (Å²) in [5, 5.41) is 12.0. The molecule has 0 radical (unpaired) electrons. The van der Waals surface area contributed by atoms with Gasteiger partial charge in [-0.2, -0.15) is 0 Å². The first-order chi connectivity index (χ1) is 12.6. The summed E-state index contributed by atoms with van der Waals surface area (Å²) in [7, 11) is 0. The summed E-state index contributed by atoms with van der Waals surface area (Å²) in [6.45, 7) is 0.576. The number of nitrogens with zero attached hydrogens (tertiary/aromatic N) is 1. The molecule has 3 rings (SSSR count). The fourth-order valence-corrected chi connectivity index (χ4v) is 2.80. The quantitative estimate of drug-likeness (QED) is 0.747. The van der Waals surface area contributed by atoms with Gasteiger partial charge in [-0.1, -0.05) is 6.07 Å². The van der Waals surface area contributed by atoms with Crippen molar-refractivity contribution in [1.82, 2.24) is 10.3 Å². The monoisotopic (exact) mass is 356 g/mol. The highest BCUT2D eigenvalue weighted by Crippen LogP contribution is 2.29. The van der Waals surface area contributed by atoms with Gasteiger partial charge in [0, 0.05) is 18.8 Å². The topological polar surface area (TPSA) is 71.5 Å². The number of aliphatic hydroxyl groups excluding tert-OH is 1. The number of rotatable bonds is 7. The second-order valence-electron chi connectivity index (χ2n) is 6.38. The lowest BCUT2D eigenvalue weighted by atomic mass is 9.80. The average Bonchev–Trinajstić information content (AvgIpc) is 2.61. The summed E-state index contributed by atoms with van der Waals surface area (Å²) in [6.07, 6.45) is 8.38. The molecular formula is C20H21FN2O3. The molecule has 2 N–H and O–H groups in total. The molecule has 0 aliphatic heterocycles. The van der Waals surface area contributed by atoms with Crippen LogP contribution in [0.5, 0.6) is 11.5 Å². The number of amides is 1. The molecule has 0 spiro atoms. The Balaban J connectivity index is 1.48. The average molecular weight is 356 g/mol. The van der Waals surface area contributed by atoms with Crippen molar-refractivity contribution < 1.29 is 19.0 Å². The largest absolute Gasteiger partial charge is 0.453 e. The van der Waals surface area contributed by atoms with Crippen LogP contribution in [0.1, 0.15) is 24.8 Å². The molecule has 0 unspecified atom stereocenters. The van der Waals surface area contributed by atoms with Gasteiger partial charge in [0.1, 0.15) is 5.75 Å². The Bertz CT molecular complexity index is 774. The van der Waals surface area contributed by atoms with E-state index in [-0.39, 0.29) is 17.8 Å². The highest BCUT2D eigenvalue weighted by molar-refractivity contribution is 5.91. The molecule has 1 aromatic carbocycles. The summed E-state index contributed by atoms with van der Waals surface area (Å²) in [6, 6.07) is 7.90. The van der Waals surface area contributed by atoms with Crippen LogP contribution in [0.15, 0.2) is 48.8 Å². The molecule has 1 aromatic heterocycles. The number of ether oxygens (including phenoxy) is 1. The Labute approximate surface area is 151 Å². The van der Waals surface area contributed by atoms with Crippen molar-refractivity contribution in [2.45, 2.75) is 25.4 Å². The van der Waals surface area contributed by atoms with Crippen LogP contribution in [0.3, 0.4) is 0 Å². The van der Waals surface area contributed by atoms with Gasteiger partial charge in [0.25, 0.3) is 0 Å². The molecule has 1 aliphatic carbocycles. The summed E-state index contributed by atoms with van der Waals surface area (Å²) in [5.74, 6) is 0.312. The van der Waals surface area contributed by atoms with Crippen LogP contribution in [0.4, 0.5) is 4.39 Å². The van der Waals surface area contributed by atoms with Crippen molar-refractivity contribution in [3.8, 4) is 11.5 Å². The molecule has 6 heteroatoms. The normalized spacial score (nSPS) is 19.2. The van der Waals surface area contributed by atoms with Crippen molar-refractivity contribution in [3.63, 3.8) is 0 Å². The second kappa shape index (κ2) is 8.58. The van der Waals surface area contributed by atoms with E-state index in [0.717, 1.165) is 19.3 Å². The predicted octanol–water partition coefficient (Wildman–Crippen LogP) is 3.30. The Morgan fingerprint density at radius 3 is 2.92 bits per heavy atom. The smallest absolute Gasteiger partial charge is 0.243 e. The lowest BCUT2D eigenvalue weighted by Gasteiger charge is -2.31. The molecule has 1 saturated carbocycles. The third-order valence-corrected chi connectivity index (χ3v) is 4.31. The lowest BCUT2D eigenvalue weighted by molar-refractivity contribution is -0.116. The van der Waals surface area contributed by atoms with E-state index in [1.54, 1.807) is 30.5 Å². The first kappa shape index (κ1) is 18.1. The maximum Gasteiger partial charge on any atom is 0.243 e. The van der Waals surface area contributed by atoms with Gasteiger partial charge < -0.3 is 15.2 Å². The van der Waals surface area contributed by atoms with Crippen LogP contribution in [-0.2, 0) is 4.79 Å². The molecule has 2 aromatic rings. The van der Waals surface area contributed by atoms with Gasteiger partial charge in [0.15, 0.2) is 11.6 Å². The number of carbonyl (C=O) groups excluding carboxylic acids is 1. The molecule has 1 heterocycles. The minimum absolute atomic E-state index is 0.0993. The lowest BCUT2D eigenvalue weighted by Crippen LogP contribution is -2.32. The standard InChI is InChI=1S/C20H21FN2O3/c21-18-12-14(3-5-19(18)26-17-2-1-8-22-13-17)4-6-20(25)23-9-7-15-10-16(24)11-15/h1-6,8,12-13,15-16,24H,7,9-11H2,(H,23,25)/b6-4+. The minimum Gasteiger partial charge on any atom is -0.453 e. The van der Waals surface area contributed by atoms with Gasteiger partial charge in [-0.3, -0.25) is 9.78 Å². The predicted molar refractivity (Wildman–Crippen MR) is 96.1 cm³/mol. The maximum absolute atomic E-state index is 14.1. The number of benzene rings is 1. The van der Waals surface area contributed by atoms with E-state index in [2.05, 4.69) is 10.3 Å². The highest BCUT2D eigenvalue weighted by Gasteiger charge is 2.26. The molecule has 26 heavy (non-hydrogen) atoms. The summed E-state index contributed by atoms with van der Waals surface area (Å²) in [5.41, 5.74) is 0.568. The number of aromatic nitrogens is 1. The van der Waals surface area contributed by atoms with Gasteiger partial charge in [-0.05, 0) is 61.1 Å². The molecule has 0 saturated heterocycles. The van der Waals surface area contributed by atoms with Crippen molar-refractivity contribution in [2.24, 2.45) is 5.92 Å². The second-order valence-corrected chi connectivity index (χ2v) is 6.38. The number of hydrogen-bond acceptors (Lipinski definition) is 4. The number of halogens is 1. The number of pyridine rings is 1. The minimum atomic E-state index is -0.514. The number of aliphatic hydroxyl groups is 1. The van der Waals surface area contributed by atoms with Gasteiger partial charge in [-0.15, -0.1) is 0 Å². The van der Waals surface area contributed by atoms with Crippen molar-refractivity contribution in [2.75, 3.05) is 6.54 Å². The van der Waals surface area contributed by atoms with E-state index in [1.807, 2.05) is 0 Å². The Morgan fingerprint density at radius 2 is 2.23 bits per heavy atom. The molecular weight excluding hydrogens is 335 g/mol. The zero-order chi connectivity index (χ0) is 18.4. The Kier molecular flexibility index (Phi) is 5.96. The van der Waals surface area contributed by atoms with Crippen LogP contribution in [0.2, 0.25) is 0 Å². The molecule has 5 nitrogen and oxygen atoms in total. The van der Waals surface area contributed by atoms with Crippen LogP contribution < -0.4 is 10.1 Å². The molecule has 1 amide bonds. The first-order valence-corrected chi connectivity index (χ1v) is 8.61. The van der Waals surface area contributed by atoms with Crippen LogP contribution >= 0.6 is 0 Å². The van der Waals surface area contributed by atoms with E-state index in [9.17, 15) is 14.3 Å². The van der Waals surface area contributed by atoms with E-state index >= 15 is 0 Å². The maximum atomic E-state index is 14.1. The summed E-state index contributed by atoms with van der Waals surface area (Å²) < 4.78 is 19.6. The fourth-order valence-electron chi connectivity index (χ4n) is 2.80. The summed E-state index contributed by atoms with van der Waals surface area (Å²) >= 11 is 0. The van der Waals surface area contributed by atoms with Gasteiger partial charge in [0.05, 0.1) is 12.3 Å². The number of carbonyl (C=O) groups is 1. The third kappa shape index (κ3) is 5.13. The number of hydrogen-bond donors (Lipinski definition) is 2. The van der Waals surface area contributed by atoms with Crippen molar-refractivity contribution in [3.05, 3.63) is 60.2 Å². The van der Waals surface area contributed by atoms with E-state index < -0.39 is 5.82 Å². The number of nitrogens with one attached hydrogen (secondary N) is 1. The molecule has 1 aliphatic rings. The molecule has 1 fully saturated rings. The van der Waals surface area contributed by atoms with Gasteiger partial charge >= 0.3 is 0 Å². The van der Waals surface area contributed by atoms with Crippen LogP contribution in [0, 0.1) is 11.7 Å². The summed E-state index contributed by atoms with van der Waals surface area (Å²) in [4.78, 5) is 15.7. The van der Waals surface area contributed by atoms with Crippen molar-refractivity contribution in [1.29, 1.82) is 0 Å². The SMILES string of the molecule is O=C(/C=C/c1ccc(Oc2cccnc2)c(F)c1)NCCC1CC(O)C1. The van der Waals surface area contributed by atoms with Crippen LogP contribution in [-0.4, -0.2) is 28.6 Å². The zero-order valence-corrected chi connectivity index (χ0v) is 14.3. The van der Waals surface area contributed by atoms with Gasteiger partial charge in [0.2, 0.25) is 5.91 Å². The van der Waals surface area contributed by atoms with E-state index in [0.29, 0.717) is 23.8 Å². The third-order valence-electron chi connectivity index (χ3n) is 4.31. The Morgan fingerprint density at radius 1 is 1.38 bits per heavy atom. The molecule has 0 atom stereocenters. The van der Waals surface area contributed by atoms with Gasteiger partial charge in [-0.25, -0.2) is 4.39 Å². The van der Waals surface area contributed by atoms with E-state index in [4.69, 9.17) is 4.74 Å². The zero-order valence-electron chi connectivity index (χ0n) is 14.3. The van der Waals surface area contributed by atoms with Crippen LogP contribution in [0.25, 0.3) is 6.08 Å².